The summed E-state index contributed by atoms with van der Waals surface area (Å²) in [6, 6.07) is 14.4. The number of hydrogen-bond donors (Lipinski definition) is 1. The van der Waals surface area contributed by atoms with Crippen LogP contribution in [0.3, 0.4) is 0 Å². The molecule has 2 aromatic rings. The van der Waals surface area contributed by atoms with E-state index in [2.05, 4.69) is 5.32 Å². The Morgan fingerprint density at radius 3 is 2.85 bits per heavy atom. The second-order valence-electron chi connectivity index (χ2n) is 4.36. The summed E-state index contributed by atoms with van der Waals surface area (Å²) >= 11 is 0. The van der Waals surface area contributed by atoms with E-state index in [-0.39, 0.29) is 12.4 Å². The minimum absolute atomic E-state index is 0.0277. The average Bonchev–Trinajstić information content (AvgIpc) is 2.47. The normalized spacial score (nSPS) is 9.85. The summed E-state index contributed by atoms with van der Waals surface area (Å²) in [7, 11) is 0. The van der Waals surface area contributed by atoms with E-state index in [0.717, 1.165) is 11.3 Å². The fourth-order valence-electron chi connectivity index (χ4n) is 1.86. The highest BCUT2D eigenvalue weighted by Gasteiger charge is 2.03. The molecule has 0 atom stereocenters. The summed E-state index contributed by atoms with van der Waals surface area (Å²) < 4.78 is 18.7. The molecule has 0 bridgehead atoms. The SMILES string of the molecule is Cc1c(F)cccc1NCc1cccc(OCC#N)c1. The van der Waals surface area contributed by atoms with Crippen LogP contribution in [-0.4, -0.2) is 6.61 Å². The summed E-state index contributed by atoms with van der Waals surface area (Å²) in [5.74, 6) is 0.433. The molecule has 0 aliphatic heterocycles. The molecule has 0 aliphatic rings. The maximum atomic E-state index is 13.4. The summed E-state index contributed by atoms with van der Waals surface area (Å²) in [4.78, 5) is 0. The van der Waals surface area contributed by atoms with E-state index >= 15 is 0 Å². The molecule has 0 spiro atoms. The van der Waals surface area contributed by atoms with Crippen molar-refractivity contribution in [3.63, 3.8) is 0 Å². The molecule has 4 heteroatoms. The molecule has 0 unspecified atom stereocenters. The number of nitrogens with one attached hydrogen (secondary N) is 1. The van der Waals surface area contributed by atoms with E-state index in [1.54, 1.807) is 19.1 Å². The Morgan fingerprint density at radius 1 is 1.25 bits per heavy atom. The van der Waals surface area contributed by atoms with Gasteiger partial charge < -0.3 is 10.1 Å². The monoisotopic (exact) mass is 270 g/mol. The molecule has 0 radical (unpaired) electrons. The summed E-state index contributed by atoms with van der Waals surface area (Å²) in [5.41, 5.74) is 2.38. The van der Waals surface area contributed by atoms with E-state index in [1.165, 1.54) is 6.07 Å². The van der Waals surface area contributed by atoms with Gasteiger partial charge in [0.2, 0.25) is 0 Å². The third kappa shape index (κ3) is 3.48. The number of benzene rings is 2. The molecular formula is C16H15FN2O. The van der Waals surface area contributed by atoms with Crippen molar-refractivity contribution in [1.29, 1.82) is 5.26 Å². The van der Waals surface area contributed by atoms with Gasteiger partial charge in [-0.3, -0.25) is 0 Å². The fraction of sp³-hybridized carbons (Fsp3) is 0.188. The Kier molecular flexibility index (Phi) is 4.56. The lowest BCUT2D eigenvalue weighted by molar-refractivity contribution is 0.368. The zero-order valence-corrected chi connectivity index (χ0v) is 11.2. The van der Waals surface area contributed by atoms with Gasteiger partial charge in [0.25, 0.3) is 0 Å². The molecular weight excluding hydrogens is 255 g/mol. The topological polar surface area (TPSA) is 45.0 Å². The van der Waals surface area contributed by atoms with Gasteiger partial charge in [-0.25, -0.2) is 4.39 Å². The lowest BCUT2D eigenvalue weighted by atomic mass is 10.1. The van der Waals surface area contributed by atoms with Gasteiger partial charge in [-0.05, 0) is 36.8 Å². The highest BCUT2D eigenvalue weighted by molar-refractivity contribution is 5.51. The Morgan fingerprint density at radius 2 is 2.05 bits per heavy atom. The first-order valence-electron chi connectivity index (χ1n) is 6.28. The van der Waals surface area contributed by atoms with Gasteiger partial charge in [0.05, 0.1) is 0 Å². The Hall–Kier alpha value is -2.54. The van der Waals surface area contributed by atoms with Crippen LogP contribution in [0.2, 0.25) is 0 Å². The minimum Gasteiger partial charge on any atom is -0.479 e. The molecule has 0 heterocycles. The van der Waals surface area contributed by atoms with Crippen LogP contribution in [0.5, 0.6) is 5.75 Å². The Balaban J connectivity index is 2.04. The molecule has 0 fully saturated rings. The average molecular weight is 270 g/mol. The molecule has 102 valence electrons. The lowest BCUT2D eigenvalue weighted by Crippen LogP contribution is -2.02. The smallest absolute Gasteiger partial charge is 0.174 e. The van der Waals surface area contributed by atoms with E-state index in [9.17, 15) is 4.39 Å². The van der Waals surface area contributed by atoms with Crippen LogP contribution in [0, 0.1) is 24.1 Å². The third-order valence-electron chi connectivity index (χ3n) is 2.95. The van der Waals surface area contributed by atoms with E-state index in [1.807, 2.05) is 30.3 Å². The largest absolute Gasteiger partial charge is 0.479 e. The van der Waals surface area contributed by atoms with Crippen LogP contribution in [-0.2, 0) is 6.54 Å². The summed E-state index contributed by atoms with van der Waals surface area (Å²) in [6.07, 6.45) is 0. The summed E-state index contributed by atoms with van der Waals surface area (Å²) in [5, 5.41) is 11.7. The van der Waals surface area contributed by atoms with E-state index in [4.69, 9.17) is 10.00 Å². The maximum absolute atomic E-state index is 13.4. The highest BCUT2D eigenvalue weighted by atomic mass is 19.1. The highest BCUT2D eigenvalue weighted by Crippen LogP contribution is 2.19. The predicted molar refractivity (Wildman–Crippen MR) is 76.0 cm³/mol. The molecule has 0 amide bonds. The zero-order chi connectivity index (χ0) is 14.4. The molecule has 2 aromatic carbocycles. The van der Waals surface area contributed by atoms with Crippen LogP contribution in [0.1, 0.15) is 11.1 Å². The van der Waals surface area contributed by atoms with Crippen LogP contribution in [0.25, 0.3) is 0 Å². The van der Waals surface area contributed by atoms with Crippen molar-refractivity contribution < 1.29 is 9.13 Å². The Bertz CT molecular complexity index is 635. The van der Waals surface area contributed by atoms with Crippen molar-refractivity contribution in [2.45, 2.75) is 13.5 Å². The van der Waals surface area contributed by atoms with Crippen molar-refractivity contribution in [3.8, 4) is 11.8 Å². The van der Waals surface area contributed by atoms with Crippen molar-refractivity contribution in [1.82, 2.24) is 0 Å². The molecule has 2 rings (SSSR count). The number of nitrogens with zero attached hydrogens (tertiary/aromatic N) is 1. The fourth-order valence-corrected chi connectivity index (χ4v) is 1.86. The van der Waals surface area contributed by atoms with Gasteiger partial charge in [-0.2, -0.15) is 5.26 Å². The van der Waals surface area contributed by atoms with Gasteiger partial charge in [0, 0.05) is 17.8 Å². The van der Waals surface area contributed by atoms with Crippen molar-refractivity contribution >= 4 is 5.69 Å². The van der Waals surface area contributed by atoms with Crippen molar-refractivity contribution in [2.75, 3.05) is 11.9 Å². The first-order chi connectivity index (χ1) is 9.70. The third-order valence-corrected chi connectivity index (χ3v) is 2.95. The van der Waals surface area contributed by atoms with Gasteiger partial charge >= 0.3 is 0 Å². The first-order valence-corrected chi connectivity index (χ1v) is 6.28. The molecule has 3 nitrogen and oxygen atoms in total. The van der Waals surface area contributed by atoms with Crippen molar-refractivity contribution in [2.24, 2.45) is 0 Å². The number of hydrogen-bond acceptors (Lipinski definition) is 3. The number of rotatable bonds is 5. The second kappa shape index (κ2) is 6.58. The lowest BCUT2D eigenvalue weighted by Gasteiger charge is -2.11. The Labute approximate surface area is 117 Å². The van der Waals surface area contributed by atoms with Gasteiger partial charge in [0.1, 0.15) is 17.6 Å². The second-order valence-corrected chi connectivity index (χ2v) is 4.36. The molecule has 0 aliphatic carbocycles. The molecule has 0 saturated heterocycles. The van der Waals surface area contributed by atoms with Gasteiger partial charge in [-0.15, -0.1) is 0 Å². The van der Waals surface area contributed by atoms with E-state index < -0.39 is 0 Å². The van der Waals surface area contributed by atoms with Crippen LogP contribution in [0.4, 0.5) is 10.1 Å². The number of ether oxygens (including phenoxy) is 1. The van der Waals surface area contributed by atoms with Crippen LogP contribution < -0.4 is 10.1 Å². The number of halogens is 1. The number of anilines is 1. The quantitative estimate of drug-likeness (QED) is 0.902. The standard InChI is InChI=1S/C16H15FN2O/c1-12-15(17)6-3-7-16(12)19-11-13-4-2-5-14(10-13)20-9-8-18/h2-7,10,19H,9,11H2,1H3. The minimum atomic E-state index is -0.221. The van der Waals surface area contributed by atoms with Crippen LogP contribution >= 0.6 is 0 Å². The zero-order valence-electron chi connectivity index (χ0n) is 11.2. The maximum Gasteiger partial charge on any atom is 0.174 e. The van der Waals surface area contributed by atoms with Gasteiger partial charge in [0.15, 0.2) is 6.61 Å². The van der Waals surface area contributed by atoms with Crippen molar-refractivity contribution in [3.05, 3.63) is 59.4 Å². The molecule has 0 saturated carbocycles. The van der Waals surface area contributed by atoms with Gasteiger partial charge in [-0.1, -0.05) is 18.2 Å². The first kappa shape index (κ1) is 13.9. The number of nitriles is 1. The predicted octanol–water partition coefficient (Wildman–Crippen LogP) is 3.65. The molecule has 0 aromatic heterocycles. The van der Waals surface area contributed by atoms with Crippen LogP contribution in [0.15, 0.2) is 42.5 Å². The summed E-state index contributed by atoms with van der Waals surface area (Å²) in [6.45, 7) is 2.33. The molecule has 1 N–H and O–H groups in total. The molecule has 20 heavy (non-hydrogen) atoms. The van der Waals surface area contributed by atoms with E-state index in [0.29, 0.717) is 17.9 Å².